The van der Waals surface area contributed by atoms with Crippen LogP contribution < -0.4 is 0 Å². The van der Waals surface area contributed by atoms with Gasteiger partial charge in [0, 0.05) is 42.2 Å². The van der Waals surface area contributed by atoms with E-state index in [9.17, 15) is 0 Å². The molecule has 0 atom stereocenters. The molecule has 0 unspecified atom stereocenters. The van der Waals surface area contributed by atoms with E-state index in [2.05, 4.69) is 112 Å². The number of rotatable bonds is 36. The molecule has 2 nitrogen and oxygen atoms in total. The van der Waals surface area contributed by atoms with Crippen molar-refractivity contribution in [1.29, 1.82) is 0 Å². The van der Waals surface area contributed by atoms with Crippen LogP contribution in [0.1, 0.15) is 244 Å². The van der Waals surface area contributed by atoms with Gasteiger partial charge < -0.3 is 0 Å². The number of nitrogens with zero attached hydrogens (tertiary/aromatic N) is 2. The van der Waals surface area contributed by atoms with Gasteiger partial charge in [0.05, 0.1) is 22.8 Å². The summed E-state index contributed by atoms with van der Waals surface area (Å²) in [6.45, 7) is 8.99. The second-order valence-corrected chi connectivity index (χ2v) is 17.2. The Morgan fingerprint density at radius 1 is 0.426 bits per heavy atom. The van der Waals surface area contributed by atoms with Crippen LogP contribution in [0.2, 0.25) is 0 Å². The number of hydrogen-bond donors (Lipinski definition) is 0. The van der Waals surface area contributed by atoms with E-state index in [-0.39, 0.29) is 16.5 Å². The van der Waals surface area contributed by atoms with Crippen LogP contribution in [0.15, 0.2) is 70.7 Å². The zero-order valence-electron chi connectivity index (χ0n) is 40.0. The van der Waals surface area contributed by atoms with E-state index in [0.29, 0.717) is 0 Å². The molecular weight excluding hydrogens is 783 g/mol. The average Bonchev–Trinajstić information content (AvgIpc) is 3.27. The number of aliphatic imine (C=N–C) groups is 2. The number of benzene rings is 2. The maximum absolute atomic E-state index is 5.50. The molecule has 0 aliphatic rings. The Kier molecular flexibility index (Phi) is 39.1. The van der Waals surface area contributed by atoms with Gasteiger partial charge in [-0.2, -0.15) is 0 Å². The molecule has 342 valence electrons. The first-order valence-corrected chi connectivity index (χ1v) is 25.6. The molecule has 0 aliphatic heterocycles. The fourth-order valence-electron chi connectivity index (χ4n) is 7.79. The third kappa shape index (κ3) is 30.8. The first kappa shape index (κ1) is 56.2. The van der Waals surface area contributed by atoms with Crippen LogP contribution >= 0.6 is 0 Å². The van der Waals surface area contributed by atoms with Crippen molar-refractivity contribution in [2.45, 2.75) is 246 Å². The number of para-hydroxylation sites is 2. The minimum Gasteiger partial charge on any atom is -0.251 e. The molecule has 0 aromatic heterocycles. The second kappa shape index (κ2) is 42.4. The molecule has 0 saturated carbocycles. The Morgan fingerprint density at radius 2 is 0.820 bits per heavy atom. The summed E-state index contributed by atoms with van der Waals surface area (Å²) < 4.78 is 0. The third-order valence-electron chi connectivity index (χ3n) is 11.5. The minimum absolute atomic E-state index is 0. The maximum Gasteiger partial charge on any atom is 0.0848 e. The minimum atomic E-state index is 0. The summed E-state index contributed by atoms with van der Waals surface area (Å²) in [5.74, 6) is 13.4. The van der Waals surface area contributed by atoms with E-state index in [0.717, 1.165) is 106 Å². The van der Waals surface area contributed by atoms with Gasteiger partial charge in [-0.15, -0.1) is 23.7 Å². The Bertz CT molecular complexity index is 1540. The van der Waals surface area contributed by atoms with E-state index in [1.54, 1.807) is 0 Å². The molecule has 0 fully saturated rings. The molecule has 0 N–H and O–H groups in total. The van der Waals surface area contributed by atoms with E-state index >= 15 is 0 Å². The summed E-state index contributed by atoms with van der Waals surface area (Å²) in [4.78, 5) is 11.0. The summed E-state index contributed by atoms with van der Waals surface area (Å²) in [6, 6.07) is 17.5. The quantitative estimate of drug-likeness (QED) is 0.0282. The van der Waals surface area contributed by atoms with Crippen molar-refractivity contribution in [2.24, 2.45) is 9.98 Å². The number of unbranched alkanes of at least 4 members (excludes halogenated alkanes) is 25. The van der Waals surface area contributed by atoms with Gasteiger partial charge in [0.25, 0.3) is 0 Å². The van der Waals surface area contributed by atoms with E-state index in [1.165, 1.54) is 146 Å². The SMILES string of the molecule is CCCC#CCCCc1ccccc1N=C(C=CCCCCCCCCCCCCCCCCCCCC)C(CCCCCC)=Nc1ccccc1CCCC#CCCC.[Ni]. The van der Waals surface area contributed by atoms with Crippen LogP contribution in [0, 0.1) is 23.7 Å². The number of hydrogen-bond acceptors (Lipinski definition) is 2. The largest absolute Gasteiger partial charge is 0.251 e. The third-order valence-corrected chi connectivity index (χ3v) is 11.5. The van der Waals surface area contributed by atoms with Crippen LogP contribution in [-0.2, 0) is 29.3 Å². The first-order valence-electron chi connectivity index (χ1n) is 25.6. The molecule has 0 radical (unpaired) electrons. The first-order chi connectivity index (χ1) is 29.7. The summed E-state index contributed by atoms with van der Waals surface area (Å²) >= 11 is 0. The predicted molar refractivity (Wildman–Crippen MR) is 270 cm³/mol. The molecule has 0 heterocycles. The second-order valence-electron chi connectivity index (χ2n) is 17.2. The Morgan fingerprint density at radius 3 is 1.28 bits per heavy atom. The van der Waals surface area contributed by atoms with E-state index in [4.69, 9.17) is 9.98 Å². The summed E-state index contributed by atoms with van der Waals surface area (Å²) in [5, 5.41) is 0. The summed E-state index contributed by atoms with van der Waals surface area (Å²) in [5.41, 5.74) is 6.94. The molecule has 0 amide bonds. The monoisotopic (exact) mass is 873 g/mol. The zero-order valence-corrected chi connectivity index (χ0v) is 41.0. The van der Waals surface area contributed by atoms with E-state index in [1.807, 2.05) is 0 Å². The fourth-order valence-corrected chi connectivity index (χ4v) is 7.79. The summed E-state index contributed by atoms with van der Waals surface area (Å²) in [6.07, 6.45) is 47.2. The van der Waals surface area contributed by atoms with Crippen LogP contribution in [0.5, 0.6) is 0 Å². The van der Waals surface area contributed by atoms with E-state index < -0.39 is 0 Å². The van der Waals surface area contributed by atoms with Gasteiger partial charge in [-0.25, -0.2) is 4.99 Å². The van der Waals surface area contributed by atoms with Crippen LogP contribution in [0.4, 0.5) is 11.4 Å². The maximum atomic E-state index is 5.50. The van der Waals surface area contributed by atoms with Gasteiger partial charge in [0.1, 0.15) is 0 Å². The average molecular weight is 874 g/mol. The smallest absolute Gasteiger partial charge is 0.0848 e. The van der Waals surface area contributed by atoms with Crippen molar-refractivity contribution in [1.82, 2.24) is 0 Å². The van der Waals surface area contributed by atoms with Crippen LogP contribution in [-0.4, -0.2) is 11.4 Å². The zero-order chi connectivity index (χ0) is 42.8. The standard InChI is InChI=1S/C58H90N2.Ni/c1-5-9-13-17-20-21-22-23-24-25-26-27-28-29-30-31-32-33-36-40-52-58(60-56-50-44-42-48-54(56)46-38-35-19-15-11-7-3)57(51-39-16-12-8-4)59-55-49-43-41-47-53(55)45-37-34-18-14-10-6-2;/h40-44,47-50,52H,5-13,16-17,20-39,45-46,51H2,1-4H3;. The molecule has 2 aromatic carbocycles. The molecule has 0 aliphatic carbocycles. The van der Waals surface area contributed by atoms with Crippen molar-refractivity contribution < 1.29 is 16.5 Å². The van der Waals surface area contributed by atoms with Crippen molar-refractivity contribution in [2.75, 3.05) is 0 Å². The predicted octanol–water partition coefficient (Wildman–Crippen LogP) is 18.7. The molecule has 0 saturated heterocycles. The molecule has 2 rings (SSSR count). The van der Waals surface area contributed by atoms with Gasteiger partial charge in [0.15, 0.2) is 0 Å². The number of allylic oxidation sites excluding steroid dienone is 2. The van der Waals surface area contributed by atoms with Gasteiger partial charge in [-0.05, 0) is 93.5 Å². The van der Waals surface area contributed by atoms with Crippen molar-refractivity contribution in [3.63, 3.8) is 0 Å². The van der Waals surface area contributed by atoms with Crippen molar-refractivity contribution in [3.05, 3.63) is 71.8 Å². The Hall–Kier alpha value is -2.87. The molecule has 61 heavy (non-hydrogen) atoms. The van der Waals surface area contributed by atoms with Gasteiger partial charge in [-0.3, -0.25) is 4.99 Å². The van der Waals surface area contributed by atoms with Gasteiger partial charge in [-0.1, -0.05) is 199 Å². The van der Waals surface area contributed by atoms with Gasteiger partial charge >= 0.3 is 0 Å². The molecular formula is C58H90N2Ni. The van der Waals surface area contributed by atoms with Gasteiger partial charge in [0.2, 0.25) is 0 Å². The van der Waals surface area contributed by atoms with Crippen molar-refractivity contribution >= 4 is 22.8 Å². The molecule has 0 bridgehead atoms. The molecule has 3 heteroatoms. The fraction of sp³-hybridized carbons (Fsp3) is 0.655. The topological polar surface area (TPSA) is 24.7 Å². The Labute approximate surface area is 388 Å². The molecule has 0 spiro atoms. The van der Waals surface area contributed by atoms with Crippen molar-refractivity contribution in [3.8, 4) is 23.7 Å². The van der Waals surface area contributed by atoms with Crippen LogP contribution in [0.3, 0.4) is 0 Å². The van der Waals surface area contributed by atoms with Crippen LogP contribution in [0.25, 0.3) is 0 Å². The normalized spacial score (nSPS) is 11.6. The Balaban J connectivity index is 0.0000186. The number of aryl methyl sites for hydroxylation is 2. The summed E-state index contributed by atoms with van der Waals surface area (Å²) in [7, 11) is 0. The molecule has 2 aromatic rings.